The van der Waals surface area contributed by atoms with E-state index in [1.807, 2.05) is 42.5 Å². The second kappa shape index (κ2) is 10.1. The topological polar surface area (TPSA) is 56.2 Å². The molecule has 0 bridgehead atoms. The van der Waals surface area contributed by atoms with Gasteiger partial charge in [0.15, 0.2) is 0 Å². The number of likely N-dealkylation sites (tertiary alicyclic amines) is 1. The van der Waals surface area contributed by atoms with Crippen molar-refractivity contribution in [1.82, 2.24) is 9.80 Å². The summed E-state index contributed by atoms with van der Waals surface area (Å²) in [5.74, 6) is 0.824. The predicted molar refractivity (Wildman–Crippen MR) is 125 cm³/mol. The Balaban J connectivity index is 1.81. The zero-order chi connectivity index (χ0) is 22.5. The number of rotatable bonds is 8. The van der Waals surface area contributed by atoms with Crippen LogP contribution in [0.25, 0.3) is 0 Å². The van der Waals surface area contributed by atoms with E-state index in [4.69, 9.17) is 4.74 Å². The van der Waals surface area contributed by atoms with Gasteiger partial charge in [-0.3, -0.25) is 9.80 Å². The van der Waals surface area contributed by atoms with Crippen molar-refractivity contribution >= 4 is 0 Å². The lowest BCUT2D eigenvalue weighted by molar-refractivity contribution is -0.0726. The molecular weight excluding hydrogens is 388 g/mol. The Morgan fingerprint density at radius 2 is 1.65 bits per heavy atom. The van der Waals surface area contributed by atoms with Crippen LogP contribution >= 0.6 is 0 Å². The van der Waals surface area contributed by atoms with Gasteiger partial charge in [-0.05, 0) is 56.9 Å². The minimum absolute atomic E-state index is 0.00433. The van der Waals surface area contributed by atoms with Crippen LogP contribution in [0.15, 0.2) is 54.6 Å². The van der Waals surface area contributed by atoms with Gasteiger partial charge in [-0.25, -0.2) is 0 Å². The summed E-state index contributed by atoms with van der Waals surface area (Å²) in [6.07, 6.45) is 1.46. The van der Waals surface area contributed by atoms with E-state index in [-0.39, 0.29) is 18.2 Å². The standard InChI is InChI=1S/C26H38N2O3/c1-25(2,3)28-16-14-26(30,15-17-28)20-27(18-21-10-12-23(31-4)13-11-21)24(19-29)22-8-6-5-7-9-22/h5-13,24,29-30H,14-20H2,1-4H3. The maximum atomic E-state index is 11.5. The number of aliphatic hydroxyl groups is 2. The number of aliphatic hydroxyl groups excluding tert-OH is 1. The molecule has 1 aliphatic heterocycles. The molecule has 1 atom stereocenters. The van der Waals surface area contributed by atoms with Gasteiger partial charge >= 0.3 is 0 Å². The van der Waals surface area contributed by atoms with E-state index in [1.54, 1.807) is 7.11 Å². The summed E-state index contributed by atoms with van der Waals surface area (Å²) >= 11 is 0. The molecular formula is C26H38N2O3. The molecule has 31 heavy (non-hydrogen) atoms. The fourth-order valence-corrected chi connectivity index (χ4v) is 4.48. The summed E-state index contributed by atoms with van der Waals surface area (Å²) in [7, 11) is 1.66. The van der Waals surface area contributed by atoms with Gasteiger partial charge in [-0.1, -0.05) is 42.5 Å². The SMILES string of the molecule is COc1ccc(CN(CC2(O)CCN(C(C)(C)C)CC2)C(CO)c2ccccc2)cc1. The largest absolute Gasteiger partial charge is 0.497 e. The lowest BCUT2D eigenvalue weighted by atomic mass is 9.87. The summed E-state index contributed by atoms with van der Waals surface area (Å²) in [6, 6.07) is 17.9. The zero-order valence-electron chi connectivity index (χ0n) is 19.4. The van der Waals surface area contributed by atoms with Crippen LogP contribution in [0.2, 0.25) is 0 Å². The van der Waals surface area contributed by atoms with Crippen molar-refractivity contribution in [2.24, 2.45) is 0 Å². The van der Waals surface area contributed by atoms with Crippen molar-refractivity contribution < 1.29 is 14.9 Å². The first kappa shape index (κ1) is 23.7. The van der Waals surface area contributed by atoms with Crippen LogP contribution in [0.5, 0.6) is 5.75 Å². The first-order valence-corrected chi connectivity index (χ1v) is 11.2. The van der Waals surface area contributed by atoms with Crippen LogP contribution < -0.4 is 4.74 Å². The van der Waals surface area contributed by atoms with Crippen molar-refractivity contribution in [2.45, 2.75) is 57.3 Å². The van der Waals surface area contributed by atoms with Gasteiger partial charge in [0.25, 0.3) is 0 Å². The maximum Gasteiger partial charge on any atom is 0.118 e. The molecule has 2 aromatic carbocycles. The minimum atomic E-state index is -0.767. The molecule has 0 saturated carbocycles. The molecule has 1 heterocycles. The van der Waals surface area contributed by atoms with Gasteiger partial charge in [0.05, 0.1) is 25.4 Å². The molecule has 1 saturated heterocycles. The molecule has 1 aliphatic rings. The van der Waals surface area contributed by atoms with Crippen molar-refractivity contribution in [1.29, 1.82) is 0 Å². The van der Waals surface area contributed by atoms with Crippen molar-refractivity contribution in [2.75, 3.05) is 33.4 Å². The third-order valence-electron chi connectivity index (χ3n) is 6.48. The minimum Gasteiger partial charge on any atom is -0.497 e. The number of methoxy groups -OCH3 is 1. The fraction of sp³-hybridized carbons (Fsp3) is 0.538. The molecule has 0 amide bonds. The molecule has 5 nitrogen and oxygen atoms in total. The summed E-state index contributed by atoms with van der Waals surface area (Å²) < 4.78 is 5.29. The number of benzene rings is 2. The smallest absolute Gasteiger partial charge is 0.118 e. The molecule has 1 unspecified atom stereocenters. The molecule has 0 aromatic heterocycles. The van der Waals surface area contributed by atoms with E-state index in [0.29, 0.717) is 13.1 Å². The molecule has 5 heteroatoms. The highest BCUT2D eigenvalue weighted by atomic mass is 16.5. The Bertz CT molecular complexity index is 794. The Morgan fingerprint density at radius 1 is 1.03 bits per heavy atom. The Labute approximate surface area is 187 Å². The normalized spacial score (nSPS) is 18.2. The van der Waals surface area contributed by atoms with Gasteiger partial charge in [-0.15, -0.1) is 0 Å². The van der Waals surface area contributed by atoms with Crippen LogP contribution in [-0.2, 0) is 6.54 Å². The number of piperidine rings is 1. The first-order chi connectivity index (χ1) is 14.7. The second-order valence-corrected chi connectivity index (χ2v) is 9.74. The molecule has 170 valence electrons. The van der Waals surface area contributed by atoms with Crippen molar-refractivity contribution in [3.63, 3.8) is 0 Å². The predicted octanol–water partition coefficient (Wildman–Crippen LogP) is 3.86. The molecule has 3 rings (SSSR count). The van der Waals surface area contributed by atoms with Crippen LogP contribution in [0.1, 0.15) is 50.8 Å². The van der Waals surface area contributed by atoms with E-state index >= 15 is 0 Å². The van der Waals surface area contributed by atoms with Gasteiger partial charge in [0.1, 0.15) is 5.75 Å². The third kappa shape index (κ3) is 6.30. The summed E-state index contributed by atoms with van der Waals surface area (Å²) in [4.78, 5) is 4.67. The lowest BCUT2D eigenvalue weighted by Crippen LogP contribution is -2.55. The second-order valence-electron chi connectivity index (χ2n) is 9.74. The number of hydrogen-bond acceptors (Lipinski definition) is 5. The Morgan fingerprint density at radius 3 is 2.16 bits per heavy atom. The van der Waals surface area contributed by atoms with Crippen LogP contribution in [0.4, 0.5) is 0 Å². The third-order valence-corrected chi connectivity index (χ3v) is 6.48. The summed E-state index contributed by atoms with van der Waals surface area (Å²) in [5, 5.41) is 21.8. The average Bonchev–Trinajstić information content (AvgIpc) is 2.75. The average molecular weight is 427 g/mol. The maximum absolute atomic E-state index is 11.5. The van der Waals surface area contributed by atoms with E-state index in [9.17, 15) is 10.2 Å². The van der Waals surface area contributed by atoms with Crippen molar-refractivity contribution in [3.05, 3.63) is 65.7 Å². The lowest BCUT2D eigenvalue weighted by Gasteiger charge is -2.46. The van der Waals surface area contributed by atoms with Crippen LogP contribution in [0.3, 0.4) is 0 Å². The molecule has 2 aromatic rings. The monoisotopic (exact) mass is 426 g/mol. The molecule has 0 radical (unpaired) electrons. The molecule has 1 fully saturated rings. The van der Waals surface area contributed by atoms with Crippen LogP contribution in [-0.4, -0.2) is 64.5 Å². The Hall–Kier alpha value is -1.92. The zero-order valence-corrected chi connectivity index (χ0v) is 19.4. The van der Waals surface area contributed by atoms with Gasteiger partial charge in [-0.2, -0.15) is 0 Å². The van der Waals surface area contributed by atoms with E-state index < -0.39 is 5.60 Å². The van der Waals surface area contributed by atoms with Gasteiger partial charge in [0, 0.05) is 31.7 Å². The first-order valence-electron chi connectivity index (χ1n) is 11.2. The quantitative estimate of drug-likeness (QED) is 0.671. The fourth-order valence-electron chi connectivity index (χ4n) is 4.48. The Kier molecular flexibility index (Phi) is 7.76. The highest BCUT2D eigenvalue weighted by Crippen LogP contribution is 2.31. The van der Waals surface area contributed by atoms with Crippen molar-refractivity contribution in [3.8, 4) is 5.75 Å². The van der Waals surface area contributed by atoms with E-state index in [2.05, 4.69) is 42.7 Å². The summed E-state index contributed by atoms with van der Waals surface area (Å²) in [6.45, 7) is 9.62. The highest BCUT2D eigenvalue weighted by Gasteiger charge is 2.38. The van der Waals surface area contributed by atoms with Crippen LogP contribution in [0, 0.1) is 0 Å². The number of ether oxygens (including phenoxy) is 1. The van der Waals surface area contributed by atoms with Gasteiger partial charge in [0.2, 0.25) is 0 Å². The van der Waals surface area contributed by atoms with E-state index in [0.717, 1.165) is 42.8 Å². The molecule has 0 spiro atoms. The summed E-state index contributed by atoms with van der Waals surface area (Å²) in [5.41, 5.74) is 1.54. The number of nitrogens with zero attached hydrogens (tertiary/aromatic N) is 2. The molecule has 0 aliphatic carbocycles. The molecule has 2 N–H and O–H groups in total. The van der Waals surface area contributed by atoms with Gasteiger partial charge < -0.3 is 14.9 Å². The van der Waals surface area contributed by atoms with E-state index in [1.165, 1.54) is 0 Å². The highest BCUT2D eigenvalue weighted by molar-refractivity contribution is 5.27. The number of hydrogen-bond donors (Lipinski definition) is 2.